The van der Waals surface area contributed by atoms with E-state index in [0.717, 1.165) is 0 Å². The first-order valence-corrected chi connectivity index (χ1v) is 0.783. The molecule has 0 heterocycles. The van der Waals surface area contributed by atoms with Gasteiger partial charge in [0.2, 0.25) is 0 Å². The normalized spacial score (nSPS) is 4.71. The Hall–Kier alpha value is 0.380. The maximum Gasteiger partial charge on any atom is 2.00 e. The molecule has 0 atom stereocenters. The molecule has 0 bridgehead atoms. The van der Waals surface area contributed by atoms with Crippen LogP contribution in [0, 0.1) is 10.1 Å². The minimum absolute atomic E-state index is 0. The van der Waals surface area contributed by atoms with Crippen molar-refractivity contribution in [2.45, 2.75) is 0 Å². The topological polar surface area (TPSA) is 113 Å². The van der Waals surface area contributed by atoms with Crippen LogP contribution in [0.1, 0.15) is 0 Å². The van der Waals surface area contributed by atoms with Crippen LogP contribution in [0.15, 0.2) is 0 Å². The Bertz CT molecular complexity index is 45.4. The van der Waals surface area contributed by atoms with Crippen LogP contribution in [0.4, 0.5) is 0 Å². The van der Waals surface area contributed by atoms with Crippen molar-refractivity contribution in [1.82, 2.24) is 6.15 Å². The van der Waals surface area contributed by atoms with E-state index in [0.29, 0.717) is 0 Å². The molecular formula is H5CaN3O3+2. The number of hydrogen-bond acceptors (Lipinski definition) is 5. The van der Waals surface area contributed by atoms with Gasteiger partial charge in [0.1, 0.15) is 0 Å². The Morgan fingerprint density at radius 3 is 1.86 bits per heavy atom. The van der Waals surface area contributed by atoms with Crippen LogP contribution >= 0.6 is 0 Å². The Kier molecular flexibility index (Phi) is 21.5. The molecular weight excluding hydrogens is 130 g/mol. The average molecular weight is 135 g/mol. The van der Waals surface area contributed by atoms with Crippen molar-refractivity contribution < 1.29 is 10.0 Å². The molecule has 0 aromatic heterocycles. The van der Waals surface area contributed by atoms with Crippen molar-refractivity contribution in [3.8, 4) is 0 Å². The fourth-order valence-electron chi connectivity index (χ4n) is 0. The second-order valence-electron chi connectivity index (χ2n) is 0.329. The van der Waals surface area contributed by atoms with E-state index in [2.05, 4.69) is 10.8 Å². The summed E-state index contributed by atoms with van der Waals surface area (Å²) in [5.41, 5.74) is 0. The van der Waals surface area contributed by atoms with Gasteiger partial charge in [0.15, 0.2) is 0 Å². The van der Waals surface area contributed by atoms with Crippen molar-refractivity contribution in [1.29, 1.82) is 0 Å². The molecule has 6 nitrogen and oxygen atoms in total. The van der Waals surface area contributed by atoms with Crippen molar-refractivity contribution in [3.05, 3.63) is 10.1 Å². The first-order valence-electron chi connectivity index (χ1n) is 0.783. The molecule has 0 saturated heterocycles. The second-order valence-corrected chi connectivity index (χ2v) is 0.329. The van der Waals surface area contributed by atoms with E-state index in [4.69, 9.17) is 10.1 Å². The maximum atomic E-state index is 8.83. The van der Waals surface area contributed by atoms with E-state index >= 15 is 0 Å². The van der Waals surface area contributed by atoms with Gasteiger partial charge in [0.05, 0.1) is 0 Å². The second kappa shape index (κ2) is 9.63. The van der Waals surface area contributed by atoms with Gasteiger partial charge in [-0.1, -0.05) is 0 Å². The largest absolute Gasteiger partial charge is 2.00 e. The van der Waals surface area contributed by atoms with Crippen LogP contribution in [0.2, 0.25) is 0 Å². The maximum absolute atomic E-state index is 8.83. The van der Waals surface area contributed by atoms with Crippen molar-refractivity contribution in [2.24, 2.45) is 5.90 Å². The van der Waals surface area contributed by atoms with Crippen molar-refractivity contribution >= 4 is 37.7 Å². The van der Waals surface area contributed by atoms with Gasteiger partial charge in [-0.3, -0.25) is 0 Å². The third-order valence-corrected chi connectivity index (χ3v) is 0.0861. The number of hydrogen-bond donors (Lipinski definition) is 2. The summed E-state index contributed by atoms with van der Waals surface area (Å²) in [6.45, 7) is 0. The number of rotatable bonds is 1. The molecule has 0 aliphatic heterocycles. The van der Waals surface area contributed by atoms with Crippen LogP contribution in [0.3, 0.4) is 0 Å². The van der Waals surface area contributed by atoms with Crippen LogP contribution in [-0.2, 0) is 4.94 Å². The van der Waals surface area contributed by atoms with Gasteiger partial charge in [0, 0.05) is 0 Å². The molecule has 0 saturated carbocycles. The zero-order chi connectivity index (χ0) is 4.28. The molecule has 0 fully saturated rings. The summed E-state index contributed by atoms with van der Waals surface area (Å²) in [6, 6.07) is 0. The van der Waals surface area contributed by atoms with E-state index in [1.54, 1.807) is 0 Å². The zero-order valence-corrected chi connectivity index (χ0v) is 5.87. The molecule has 0 aliphatic carbocycles. The minimum Gasteiger partial charge on any atom is -0.344 e. The summed E-state index contributed by atoms with van der Waals surface area (Å²) in [6.07, 6.45) is 0. The first-order chi connectivity index (χ1) is 2.27. The van der Waals surface area contributed by atoms with Gasteiger partial charge in [0.25, 0.3) is 0 Å². The molecule has 7 heavy (non-hydrogen) atoms. The fourth-order valence-corrected chi connectivity index (χ4v) is 0. The van der Waals surface area contributed by atoms with Crippen LogP contribution in [-0.4, -0.2) is 42.8 Å². The fraction of sp³-hybridized carbons (Fsp3) is 0. The standard InChI is InChI=1S/Ca.H2N2O3.H3N/c;1-5-2(3)4;/h;1H2;1H3/q+2;;. The molecule has 0 aromatic rings. The van der Waals surface area contributed by atoms with Gasteiger partial charge in [-0.2, -0.15) is 5.90 Å². The summed E-state index contributed by atoms with van der Waals surface area (Å²) < 4.78 is 0. The predicted octanol–water partition coefficient (Wildman–Crippen LogP) is -1.15. The van der Waals surface area contributed by atoms with Gasteiger partial charge in [-0.15, -0.1) is 10.1 Å². The minimum atomic E-state index is -1.10. The molecule has 0 spiro atoms. The van der Waals surface area contributed by atoms with E-state index < -0.39 is 5.09 Å². The zero-order valence-electron chi connectivity index (χ0n) is 3.66. The first kappa shape index (κ1) is 15.7. The van der Waals surface area contributed by atoms with Gasteiger partial charge >= 0.3 is 42.8 Å². The third kappa shape index (κ3) is 21.6. The van der Waals surface area contributed by atoms with Gasteiger partial charge in [-0.25, -0.2) is 4.94 Å². The Morgan fingerprint density at radius 2 is 1.86 bits per heavy atom. The molecule has 0 unspecified atom stereocenters. The molecule has 38 valence electrons. The Labute approximate surface area is 69.6 Å². The van der Waals surface area contributed by atoms with Gasteiger partial charge < -0.3 is 6.15 Å². The van der Waals surface area contributed by atoms with E-state index in [1.807, 2.05) is 0 Å². The number of nitrogens with zero attached hydrogens (tertiary/aromatic N) is 1. The third-order valence-electron chi connectivity index (χ3n) is 0.0861. The van der Waals surface area contributed by atoms with Crippen molar-refractivity contribution in [2.75, 3.05) is 0 Å². The molecule has 0 aliphatic rings. The summed E-state index contributed by atoms with van der Waals surface area (Å²) in [7, 11) is 0. The smallest absolute Gasteiger partial charge is 0.344 e. The molecule has 0 aromatic carbocycles. The Balaban J connectivity index is -0.0000000800. The SMILES string of the molecule is N.NO[N+](=O)[O-].[Ca+2]. The summed E-state index contributed by atoms with van der Waals surface area (Å²) in [4.78, 5) is 11.8. The summed E-state index contributed by atoms with van der Waals surface area (Å²) in [5.74, 6) is 3.97. The summed E-state index contributed by atoms with van der Waals surface area (Å²) in [5, 5.41) is 7.73. The summed E-state index contributed by atoms with van der Waals surface area (Å²) >= 11 is 0. The van der Waals surface area contributed by atoms with E-state index in [9.17, 15) is 0 Å². The molecule has 0 rings (SSSR count). The van der Waals surface area contributed by atoms with E-state index in [1.165, 1.54) is 0 Å². The van der Waals surface area contributed by atoms with Gasteiger partial charge in [-0.05, 0) is 0 Å². The molecule has 0 radical (unpaired) electrons. The quantitative estimate of drug-likeness (QED) is 0.267. The van der Waals surface area contributed by atoms with E-state index in [-0.39, 0.29) is 43.9 Å². The molecule has 5 N–H and O–H groups in total. The molecule has 7 heteroatoms. The molecule has 0 amide bonds. The number of nitrogens with two attached hydrogens (primary N) is 1. The van der Waals surface area contributed by atoms with Crippen LogP contribution < -0.4 is 12.0 Å². The van der Waals surface area contributed by atoms with Crippen LogP contribution in [0.5, 0.6) is 0 Å². The predicted molar refractivity (Wildman–Crippen MR) is 23.0 cm³/mol. The average Bonchev–Trinajstić information content (AvgIpc) is 1.38. The van der Waals surface area contributed by atoms with Crippen LogP contribution in [0.25, 0.3) is 0 Å². The van der Waals surface area contributed by atoms with Crippen molar-refractivity contribution in [3.63, 3.8) is 0 Å². The Morgan fingerprint density at radius 1 is 1.71 bits per heavy atom. The monoisotopic (exact) mass is 135 g/mol.